The van der Waals surface area contributed by atoms with Crippen LogP contribution in [0.1, 0.15) is 11.1 Å². The quantitative estimate of drug-likeness (QED) is 0.791. The number of hydrogen-bond donors (Lipinski definition) is 2. The van der Waals surface area contributed by atoms with Gasteiger partial charge in [-0.25, -0.2) is 0 Å². The van der Waals surface area contributed by atoms with Crippen molar-refractivity contribution in [3.05, 3.63) is 47.7 Å². The Balaban J connectivity index is 2.02. The van der Waals surface area contributed by atoms with Crippen molar-refractivity contribution in [3.8, 4) is 6.07 Å². The molecule has 15 heavy (non-hydrogen) atoms. The van der Waals surface area contributed by atoms with E-state index in [0.717, 1.165) is 11.4 Å². The molecule has 0 bridgehead atoms. The Kier molecular flexibility index (Phi) is 2.65. The van der Waals surface area contributed by atoms with Gasteiger partial charge in [0, 0.05) is 6.54 Å². The maximum atomic E-state index is 8.73. The SMILES string of the molecule is N#Cc1cccc(CNc2ccn[nH]2)c1. The molecule has 2 aromatic rings. The van der Waals surface area contributed by atoms with Gasteiger partial charge in [0.25, 0.3) is 0 Å². The van der Waals surface area contributed by atoms with Crippen LogP contribution >= 0.6 is 0 Å². The molecule has 1 heterocycles. The highest BCUT2D eigenvalue weighted by Gasteiger charge is 1.96. The van der Waals surface area contributed by atoms with Crippen LogP contribution in [-0.2, 0) is 6.54 Å². The Morgan fingerprint density at radius 3 is 3.07 bits per heavy atom. The fourth-order valence-corrected chi connectivity index (χ4v) is 1.30. The number of hydrogen-bond acceptors (Lipinski definition) is 3. The monoisotopic (exact) mass is 198 g/mol. The summed E-state index contributed by atoms with van der Waals surface area (Å²) in [5.41, 5.74) is 1.75. The molecule has 0 fully saturated rings. The Hall–Kier alpha value is -2.28. The predicted octanol–water partition coefficient (Wildman–Crippen LogP) is 1.89. The molecule has 0 atom stereocenters. The smallest absolute Gasteiger partial charge is 0.121 e. The van der Waals surface area contributed by atoms with Crippen LogP contribution < -0.4 is 5.32 Å². The summed E-state index contributed by atoms with van der Waals surface area (Å²) in [6.45, 7) is 0.678. The van der Waals surface area contributed by atoms with Crippen LogP contribution in [0.3, 0.4) is 0 Å². The average molecular weight is 198 g/mol. The molecule has 2 rings (SSSR count). The summed E-state index contributed by atoms with van der Waals surface area (Å²) in [4.78, 5) is 0. The van der Waals surface area contributed by atoms with Crippen molar-refractivity contribution in [3.63, 3.8) is 0 Å². The molecule has 2 N–H and O–H groups in total. The van der Waals surface area contributed by atoms with Crippen LogP contribution in [0.25, 0.3) is 0 Å². The van der Waals surface area contributed by atoms with E-state index in [4.69, 9.17) is 5.26 Å². The van der Waals surface area contributed by atoms with Crippen molar-refractivity contribution in [2.24, 2.45) is 0 Å². The van der Waals surface area contributed by atoms with Gasteiger partial charge in [-0.05, 0) is 23.8 Å². The van der Waals surface area contributed by atoms with Crippen LogP contribution in [-0.4, -0.2) is 10.2 Å². The third kappa shape index (κ3) is 2.35. The molecule has 1 aromatic heterocycles. The first-order chi connectivity index (χ1) is 7.38. The molecule has 1 aromatic carbocycles. The van der Waals surface area contributed by atoms with Crippen LogP contribution in [0.15, 0.2) is 36.5 Å². The van der Waals surface area contributed by atoms with Crippen molar-refractivity contribution >= 4 is 5.82 Å². The highest BCUT2D eigenvalue weighted by atomic mass is 15.2. The van der Waals surface area contributed by atoms with Crippen molar-refractivity contribution in [2.75, 3.05) is 5.32 Å². The van der Waals surface area contributed by atoms with Gasteiger partial charge in [0.1, 0.15) is 5.82 Å². The maximum Gasteiger partial charge on any atom is 0.121 e. The van der Waals surface area contributed by atoms with Crippen molar-refractivity contribution in [1.82, 2.24) is 10.2 Å². The summed E-state index contributed by atoms with van der Waals surface area (Å²) in [5, 5.41) is 18.5. The van der Waals surface area contributed by atoms with Crippen LogP contribution in [0, 0.1) is 11.3 Å². The van der Waals surface area contributed by atoms with E-state index in [2.05, 4.69) is 21.6 Å². The van der Waals surface area contributed by atoms with Crippen molar-refractivity contribution in [1.29, 1.82) is 5.26 Å². The van der Waals surface area contributed by atoms with E-state index >= 15 is 0 Å². The number of H-pyrrole nitrogens is 1. The highest BCUT2D eigenvalue weighted by molar-refractivity contribution is 5.37. The van der Waals surface area contributed by atoms with Crippen LogP contribution in [0.5, 0.6) is 0 Å². The predicted molar refractivity (Wildman–Crippen MR) is 57.1 cm³/mol. The maximum absolute atomic E-state index is 8.73. The second kappa shape index (κ2) is 4.29. The van der Waals surface area contributed by atoms with E-state index in [0.29, 0.717) is 12.1 Å². The molecule has 0 aliphatic heterocycles. The van der Waals surface area contributed by atoms with Crippen molar-refractivity contribution < 1.29 is 0 Å². The molecule has 0 aliphatic rings. The van der Waals surface area contributed by atoms with Gasteiger partial charge in [0.15, 0.2) is 0 Å². The summed E-state index contributed by atoms with van der Waals surface area (Å²) < 4.78 is 0. The Morgan fingerprint density at radius 2 is 2.33 bits per heavy atom. The molecule has 4 nitrogen and oxygen atoms in total. The van der Waals surface area contributed by atoms with E-state index < -0.39 is 0 Å². The lowest BCUT2D eigenvalue weighted by atomic mass is 10.1. The number of nitrogens with zero attached hydrogens (tertiary/aromatic N) is 2. The zero-order valence-electron chi connectivity index (χ0n) is 8.07. The van der Waals surface area contributed by atoms with Crippen LogP contribution in [0.4, 0.5) is 5.82 Å². The molecule has 0 saturated carbocycles. The summed E-state index contributed by atoms with van der Waals surface area (Å²) in [7, 11) is 0. The van der Waals surface area contributed by atoms with Crippen molar-refractivity contribution in [2.45, 2.75) is 6.54 Å². The molecule has 0 aliphatic carbocycles. The third-order valence-corrected chi connectivity index (χ3v) is 2.04. The molecule has 0 amide bonds. The molecule has 0 radical (unpaired) electrons. The number of benzene rings is 1. The van der Waals surface area contributed by atoms with Gasteiger partial charge < -0.3 is 5.32 Å². The number of aromatic nitrogens is 2. The van der Waals surface area contributed by atoms with E-state index in [1.807, 2.05) is 24.3 Å². The standard InChI is InChI=1S/C11H10N4/c12-7-9-2-1-3-10(6-9)8-13-11-4-5-14-15-11/h1-6H,8H2,(H2,13,14,15). The molecule has 0 spiro atoms. The number of aromatic amines is 1. The van der Waals surface area contributed by atoms with Gasteiger partial charge in [0.05, 0.1) is 17.8 Å². The fraction of sp³-hybridized carbons (Fsp3) is 0.0909. The van der Waals surface area contributed by atoms with E-state index in [1.165, 1.54) is 0 Å². The minimum Gasteiger partial charge on any atom is -0.366 e. The van der Waals surface area contributed by atoms with Gasteiger partial charge in [-0.3, -0.25) is 5.10 Å². The van der Waals surface area contributed by atoms with E-state index in [-0.39, 0.29) is 0 Å². The van der Waals surface area contributed by atoms with E-state index in [1.54, 1.807) is 12.3 Å². The van der Waals surface area contributed by atoms with Crippen LogP contribution in [0.2, 0.25) is 0 Å². The van der Waals surface area contributed by atoms with Gasteiger partial charge in [0.2, 0.25) is 0 Å². The average Bonchev–Trinajstić information content (AvgIpc) is 2.79. The first-order valence-corrected chi connectivity index (χ1v) is 4.61. The first-order valence-electron chi connectivity index (χ1n) is 4.61. The molecular formula is C11H10N4. The Bertz CT molecular complexity index is 468. The lowest BCUT2D eigenvalue weighted by molar-refractivity contribution is 1.05. The van der Waals surface area contributed by atoms with Gasteiger partial charge >= 0.3 is 0 Å². The second-order valence-corrected chi connectivity index (χ2v) is 3.14. The Morgan fingerprint density at radius 1 is 1.40 bits per heavy atom. The third-order valence-electron chi connectivity index (χ3n) is 2.04. The van der Waals surface area contributed by atoms with E-state index in [9.17, 15) is 0 Å². The summed E-state index contributed by atoms with van der Waals surface area (Å²) >= 11 is 0. The minimum absolute atomic E-state index is 0.678. The minimum atomic E-state index is 0.678. The zero-order valence-corrected chi connectivity index (χ0v) is 8.07. The topological polar surface area (TPSA) is 64.5 Å². The number of anilines is 1. The lowest BCUT2D eigenvalue weighted by Gasteiger charge is -2.03. The van der Waals surface area contributed by atoms with Gasteiger partial charge in [-0.2, -0.15) is 10.4 Å². The molecule has 4 heteroatoms. The largest absolute Gasteiger partial charge is 0.366 e. The molecular weight excluding hydrogens is 188 g/mol. The first kappa shape index (κ1) is 9.28. The lowest BCUT2D eigenvalue weighted by Crippen LogP contribution is -1.99. The molecule has 0 saturated heterocycles. The number of nitrogens with one attached hydrogen (secondary N) is 2. The summed E-state index contributed by atoms with van der Waals surface area (Å²) in [6, 6.07) is 11.5. The number of rotatable bonds is 3. The normalized spacial score (nSPS) is 9.53. The Labute approximate surface area is 87.6 Å². The molecule has 74 valence electrons. The zero-order chi connectivity index (χ0) is 10.5. The highest BCUT2D eigenvalue weighted by Crippen LogP contribution is 2.07. The second-order valence-electron chi connectivity index (χ2n) is 3.14. The fourth-order valence-electron chi connectivity index (χ4n) is 1.30. The van der Waals surface area contributed by atoms with Gasteiger partial charge in [-0.1, -0.05) is 12.1 Å². The summed E-state index contributed by atoms with van der Waals surface area (Å²) in [6.07, 6.45) is 1.69. The summed E-state index contributed by atoms with van der Waals surface area (Å²) in [5.74, 6) is 0.873. The molecule has 0 unspecified atom stereocenters. The number of nitriles is 1. The van der Waals surface area contributed by atoms with Gasteiger partial charge in [-0.15, -0.1) is 0 Å².